The molecule has 1 aliphatic heterocycles. The van der Waals surface area contributed by atoms with Gasteiger partial charge in [-0.15, -0.1) is 0 Å². The molecule has 3 aromatic rings. The molecule has 1 atom stereocenters. The van der Waals surface area contributed by atoms with Gasteiger partial charge in [-0.2, -0.15) is 65.9 Å². The van der Waals surface area contributed by atoms with Crippen molar-refractivity contribution in [2.75, 3.05) is 6.54 Å². The van der Waals surface area contributed by atoms with Crippen LogP contribution in [0, 0.1) is 6.92 Å². The van der Waals surface area contributed by atoms with Crippen LogP contribution in [0.1, 0.15) is 56.4 Å². The van der Waals surface area contributed by atoms with Gasteiger partial charge in [0.15, 0.2) is 0 Å². The molecule has 2 aromatic carbocycles. The molecule has 0 N–H and O–H groups in total. The van der Waals surface area contributed by atoms with Gasteiger partial charge in [0.1, 0.15) is 6.10 Å². The normalized spacial score (nSPS) is 16.7. The van der Waals surface area contributed by atoms with Crippen molar-refractivity contribution in [2.45, 2.75) is 57.0 Å². The fraction of sp³-hybridized carbons (Fsp3) is 0.370. The fourth-order valence-electron chi connectivity index (χ4n) is 4.81. The van der Waals surface area contributed by atoms with E-state index in [4.69, 9.17) is 4.74 Å². The summed E-state index contributed by atoms with van der Waals surface area (Å²) in [5.74, 6) is 0. The molecule has 19 heteroatoms. The van der Waals surface area contributed by atoms with Gasteiger partial charge in [0.2, 0.25) is 0 Å². The van der Waals surface area contributed by atoms with Crippen molar-refractivity contribution in [3.8, 4) is 0 Å². The van der Waals surface area contributed by atoms with E-state index in [0.29, 0.717) is 15.5 Å². The Balaban J connectivity index is 1.74. The highest BCUT2D eigenvalue weighted by Gasteiger charge is 2.43. The van der Waals surface area contributed by atoms with Gasteiger partial charge in [-0.25, -0.2) is 4.79 Å². The average Bonchev–Trinajstić information content (AvgIpc) is 3.41. The Morgan fingerprint density at radius 1 is 0.630 bits per heavy atom. The van der Waals surface area contributed by atoms with Crippen molar-refractivity contribution in [2.24, 2.45) is 0 Å². The molecule has 0 bridgehead atoms. The molecule has 46 heavy (non-hydrogen) atoms. The van der Waals surface area contributed by atoms with Crippen molar-refractivity contribution in [1.29, 1.82) is 0 Å². The number of nitrogens with zero attached hydrogens (tertiary/aromatic N) is 2. The zero-order valence-corrected chi connectivity index (χ0v) is 22.6. The summed E-state index contributed by atoms with van der Waals surface area (Å²) in [6.07, 6.45) is -29.6. The summed E-state index contributed by atoms with van der Waals surface area (Å²) in [5, 5.41) is 0. The second kappa shape index (κ2) is 11.3. The third-order valence-electron chi connectivity index (χ3n) is 6.92. The Bertz CT molecular complexity index is 1560. The van der Waals surface area contributed by atoms with E-state index in [1.54, 1.807) is 0 Å². The average molecular weight is 686 g/mol. The van der Waals surface area contributed by atoms with Crippen LogP contribution in [0.3, 0.4) is 0 Å². The van der Waals surface area contributed by atoms with Gasteiger partial charge < -0.3 is 9.30 Å². The summed E-state index contributed by atoms with van der Waals surface area (Å²) in [4.78, 5) is 13.1. The molecule has 0 aliphatic carbocycles. The van der Waals surface area contributed by atoms with Gasteiger partial charge in [-0.05, 0) is 60.5 Å². The molecular weight excluding hydrogens is 669 g/mol. The molecule has 4 nitrogen and oxygen atoms in total. The van der Waals surface area contributed by atoms with E-state index < -0.39 is 107 Å². The standard InChI is InChI=1S/C27H17F15N2O2/c1-12-2-19(27(40,41)42)20(44(12)9-13-3-15(23(28,29)30)7-16(4-13)24(31,32)33)10-43-11-21(46-22(43)45)14-5-17(25(34,35)36)8-18(6-14)26(37,38)39/h2-8,21H,9-11H2,1H3. The summed E-state index contributed by atoms with van der Waals surface area (Å²) >= 11 is 0. The zero-order chi connectivity index (χ0) is 34.8. The van der Waals surface area contributed by atoms with Crippen LogP contribution in [0.25, 0.3) is 0 Å². The molecular formula is C27H17F15N2O2. The number of hydrogen-bond donors (Lipinski definition) is 0. The number of ether oxygens (including phenoxy) is 1. The maximum atomic E-state index is 14.0. The smallest absolute Gasteiger partial charge is 0.418 e. The lowest BCUT2D eigenvalue weighted by atomic mass is 10.0. The second-order valence-electron chi connectivity index (χ2n) is 10.2. The van der Waals surface area contributed by atoms with E-state index in [-0.39, 0.29) is 42.1 Å². The van der Waals surface area contributed by atoms with Crippen LogP contribution in [0.2, 0.25) is 0 Å². The van der Waals surface area contributed by atoms with E-state index in [1.165, 1.54) is 0 Å². The molecule has 1 aliphatic rings. The maximum Gasteiger partial charge on any atom is 0.418 e. The van der Waals surface area contributed by atoms with Crippen LogP contribution in [0.4, 0.5) is 70.7 Å². The van der Waals surface area contributed by atoms with Gasteiger partial charge in [-0.3, -0.25) is 4.90 Å². The Kier molecular flexibility index (Phi) is 8.57. The van der Waals surface area contributed by atoms with Crippen molar-refractivity contribution < 1.29 is 75.4 Å². The molecule has 0 saturated carbocycles. The van der Waals surface area contributed by atoms with Crippen LogP contribution >= 0.6 is 0 Å². The lowest BCUT2D eigenvalue weighted by Crippen LogP contribution is -2.27. The lowest BCUT2D eigenvalue weighted by Gasteiger charge is -2.20. The highest BCUT2D eigenvalue weighted by molar-refractivity contribution is 5.70. The van der Waals surface area contributed by atoms with E-state index in [1.807, 2.05) is 0 Å². The number of cyclic esters (lactones) is 1. The number of alkyl halides is 15. The predicted octanol–water partition coefficient (Wildman–Crippen LogP) is 9.63. The number of aromatic nitrogens is 1. The quantitative estimate of drug-likeness (QED) is 0.251. The van der Waals surface area contributed by atoms with E-state index in [2.05, 4.69) is 0 Å². The molecule has 1 saturated heterocycles. The first kappa shape index (κ1) is 34.8. The largest absolute Gasteiger partial charge is 0.439 e. The van der Waals surface area contributed by atoms with Gasteiger partial charge >= 0.3 is 37.0 Å². The van der Waals surface area contributed by atoms with E-state index in [0.717, 1.165) is 6.92 Å². The fourth-order valence-corrected chi connectivity index (χ4v) is 4.81. The molecule has 0 spiro atoms. The van der Waals surface area contributed by atoms with Crippen molar-refractivity contribution >= 4 is 6.09 Å². The zero-order valence-electron chi connectivity index (χ0n) is 22.6. The summed E-state index contributed by atoms with van der Waals surface area (Å²) in [5.41, 5.74) is -11.1. The van der Waals surface area contributed by atoms with Crippen LogP contribution in [0.15, 0.2) is 42.5 Å². The van der Waals surface area contributed by atoms with E-state index in [9.17, 15) is 70.7 Å². The molecule has 1 fully saturated rings. The number of halogens is 15. The molecule has 2 heterocycles. The van der Waals surface area contributed by atoms with Crippen molar-refractivity contribution in [3.05, 3.63) is 92.8 Å². The minimum atomic E-state index is -5.27. The minimum absolute atomic E-state index is 0.188. The van der Waals surface area contributed by atoms with Crippen molar-refractivity contribution in [3.63, 3.8) is 0 Å². The Morgan fingerprint density at radius 3 is 1.48 bits per heavy atom. The van der Waals surface area contributed by atoms with Crippen molar-refractivity contribution in [1.82, 2.24) is 9.47 Å². The highest BCUT2D eigenvalue weighted by Crippen LogP contribution is 2.41. The summed E-state index contributed by atoms with van der Waals surface area (Å²) in [6.45, 7) is -1.89. The maximum absolute atomic E-state index is 14.0. The summed E-state index contributed by atoms with van der Waals surface area (Å²) in [7, 11) is 0. The molecule has 1 amide bonds. The number of benzene rings is 2. The minimum Gasteiger partial charge on any atom is -0.439 e. The molecule has 4 rings (SSSR count). The first-order valence-corrected chi connectivity index (χ1v) is 12.5. The predicted molar refractivity (Wildman–Crippen MR) is 126 cm³/mol. The Hall–Kier alpha value is -4.06. The number of amides is 1. The van der Waals surface area contributed by atoms with Gasteiger partial charge in [0, 0.05) is 12.2 Å². The summed E-state index contributed by atoms with van der Waals surface area (Å²) in [6, 6.07) is 1.23. The third-order valence-corrected chi connectivity index (χ3v) is 6.92. The molecule has 1 unspecified atom stereocenters. The molecule has 252 valence electrons. The van der Waals surface area contributed by atoms with Gasteiger partial charge in [-0.1, -0.05) is 0 Å². The number of rotatable bonds is 5. The van der Waals surface area contributed by atoms with Gasteiger partial charge in [0.25, 0.3) is 0 Å². The molecule has 1 aromatic heterocycles. The second-order valence-corrected chi connectivity index (χ2v) is 10.2. The highest BCUT2D eigenvalue weighted by atomic mass is 19.4. The van der Waals surface area contributed by atoms with E-state index >= 15 is 0 Å². The first-order valence-electron chi connectivity index (χ1n) is 12.5. The number of hydrogen-bond acceptors (Lipinski definition) is 2. The lowest BCUT2D eigenvalue weighted by molar-refractivity contribution is -0.144. The Labute approximate surface area is 247 Å². The summed E-state index contributed by atoms with van der Waals surface area (Å²) < 4.78 is 208. The van der Waals surface area contributed by atoms with Crippen LogP contribution < -0.4 is 0 Å². The monoisotopic (exact) mass is 686 g/mol. The Morgan fingerprint density at radius 2 is 1.07 bits per heavy atom. The third kappa shape index (κ3) is 7.49. The topological polar surface area (TPSA) is 34.5 Å². The number of aryl methyl sites for hydroxylation is 1. The number of carbonyl (C=O) groups excluding carboxylic acids is 1. The van der Waals surface area contributed by atoms with Crippen LogP contribution in [0.5, 0.6) is 0 Å². The first-order chi connectivity index (χ1) is 20.7. The van der Waals surface area contributed by atoms with Crippen LogP contribution in [-0.2, 0) is 48.7 Å². The number of carbonyl (C=O) groups is 1. The van der Waals surface area contributed by atoms with Gasteiger partial charge in [0.05, 0.1) is 46.6 Å². The molecule has 0 radical (unpaired) electrons. The van der Waals surface area contributed by atoms with Crippen LogP contribution in [-0.4, -0.2) is 22.1 Å². The SMILES string of the molecule is Cc1cc(C(F)(F)F)c(CN2CC(c3cc(C(F)(F)F)cc(C(F)(F)F)c3)OC2=O)n1Cc1cc(C(F)(F)F)cc(C(F)(F)F)c1.